The van der Waals surface area contributed by atoms with Crippen LogP contribution < -0.4 is 10.6 Å². The molecule has 0 saturated carbocycles. The highest BCUT2D eigenvalue weighted by Crippen LogP contribution is 2.18. The molecule has 0 aromatic carbocycles. The van der Waals surface area contributed by atoms with Gasteiger partial charge in [-0.05, 0) is 51.6 Å². The van der Waals surface area contributed by atoms with Crippen molar-refractivity contribution in [1.29, 1.82) is 0 Å². The van der Waals surface area contributed by atoms with Crippen LogP contribution in [0.1, 0.15) is 49.6 Å². The van der Waals surface area contributed by atoms with E-state index in [1.54, 1.807) is 0 Å². The average Bonchev–Trinajstić information content (AvgIpc) is 2.86. The van der Waals surface area contributed by atoms with Crippen molar-refractivity contribution in [3.05, 3.63) is 17.0 Å². The first-order chi connectivity index (χ1) is 12.1. The van der Waals surface area contributed by atoms with Gasteiger partial charge in [-0.15, -0.1) is 0 Å². The lowest BCUT2D eigenvalue weighted by atomic mass is 10.0. The van der Waals surface area contributed by atoms with Crippen LogP contribution in [0.3, 0.4) is 0 Å². The minimum Gasteiger partial charge on any atom is -0.356 e. The van der Waals surface area contributed by atoms with Crippen molar-refractivity contribution in [2.24, 2.45) is 12.0 Å². The quantitative estimate of drug-likeness (QED) is 0.585. The first kappa shape index (κ1) is 19.8. The van der Waals surface area contributed by atoms with Crippen LogP contribution in [0.25, 0.3) is 0 Å². The molecule has 1 fully saturated rings. The molecule has 2 rings (SSSR count). The Bertz CT molecular complexity index is 563. The highest BCUT2D eigenvalue weighted by atomic mass is 15.3. The maximum Gasteiger partial charge on any atom is 0.191 e. The Morgan fingerprint density at radius 2 is 2.00 bits per heavy atom. The second-order valence-corrected chi connectivity index (χ2v) is 7.04. The Balaban J connectivity index is 1.72. The minimum absolute atomic E-state index is 0.766. The highest BCUT2D eigenvalue weighted by Gasteiger charge is 2.19. The monoisotopic (exact) mass is 348 g/mol. The lowest BCUT2D eigenvalue weighted by molar-refractivity contribution is 0.147. The van der Waals surface area contributed by atoms with Gasteiger partial charge < -0.3 is 10.6 Å². The van der Waals surface area contributed by atoms with E-state index in [2.05, 4.69) is 46.4 Å². The smallest absolute Gasteiger partial charge is 0.191 e. The summed E-state index contributed by atoms with van der Waals surface area (Å²) in [6, 6.07) is 0.766. The molecule has 1 unspecified atom stereocenters. The molecule has 6 heteroatoms. The van der Waals surface area contributed by atoms with Crippen LogP contribution >= 0.6 is 0 Å². The van der Waals surface area contributed by atoms with Crippen LogP contribution in [0.2, 0.25) is 0 Å². The number of rotatable bonds is 7. The fourth-order valence-electron chi connectivity index (χ4n) is 3.84. The highest BCUT2D eigenvalue weighted by molar-refractivity contribution is 5.79. The van der Waals surface area contributed by atoms with Gasteiger partial charge >= 0.3 is 0 Å². The molecule has 6 nitrogen and oxygen atoms in total. The first-order valence-corrected chi connectivity index (χ1v) is 9.74. The zero-order valence-corrected chi connectivity index (χ0v) is 16.7. The van der Waals surface area contributed by atoms with Crippen molar-refractivity contribution >= 4 is 5.96 Å². The number of nitrogens with zero attached hydrogens (tertiary/aromatic N) is 4. The van der Waals surface area contributed by atoms with E-state index < -0.39 is 0 Å². The third-order valence-corrected chi connectivity index (χ3v) is 5.46. The second-order valence-electron chi connectivity index (χ2n) is 7.04. The number of aromatic nitrogens is 2. The maximum absolute atomic E-state index is 4.48. The van der Waals surface area contributed by atoms with Crippen molar-refractivity contribution in [2.75, 3.05) is 33.2 Å². The molecule has 1 aromatic heterocycles. The van der Waals surface area contributed by atoms with E-state index in [0.29, 0.717) is 0 Å². The summed E-state index contributed by atoms with van der Waals surface area (Å²) in [5.74, 6) is 0.893. The van der Waals surface area contributed by atoms with Gasteiger partial charge in [0.05, 0.1) is 5.69 Å². The van der Waals surface area contributed by atoms with Gasteiger partial charge in [0, 0.05) is 45.5 Å². The summed E-state index contributed by atoms with van der Waals surface area (Å²) in [7, 11) is 3.84. The van der Waals surface area contributed by atoms with E-state index in [0.717, 1.165) is 43.8 Å². The number of hydrogen-bond acceptors (Lipinski definition) is 3. The van der Waals surface area contributed by atoms with Gasteiger partial charge in [0.25, 0.3) is 0 Å². The molecule has 0 aliphatic carbocycles. The molecule has 25 heavy (non-hydrogen) atoms. The largest absolute Gasteiger partial charge is 0.356 e. The number of nitrogens with one attached hydrogen (secondary N) is 2. The molecule has 2 heterocycles. The molecule has 1 atom stereocenters. The van der Waals surface area contributed by atoms with Gasteiger partial charge in [0.2, 0.25) is 0 Å². The third kappa shape index (κ3) is 5.46. The fraction of sp³-hybridized carbons (Fsp3) is 0.789. The van der Waals surface area contributed by atoms with E-state index in [4.69, 9.17) is 0 Å². The molecule has 1 saturated heterocycles. The van der Waals surface area contributed by atoms with Crippen molar-refractivity contribution in [3.63, 3.8) is 0 Å². The Labute approximate surface area is 153 Å². The third-order valence-electron chi connectivity index (χ3n) is 5.46. The second kappa shape index (κ2) is 9.80. The van der Waals surface area contributed by atoms with Gasteiger partial charge in [-0.25, -0.2) is 0 Å². The lowest BCUT2D eigenvalue weighted by Crippen LogP contribution is -2.46. The molecule has 142 valence electrons. The standard InChI is InChI=1S/C19H36N6/c1-6-17-9-7-8-13-25(17)14-12-22-19(20-4)21-11-10-18-15(2)23-24(5)16(18)3/h17H,6-14H2,1-5H3,(H2,20,21,22). The predicted molar refractivity (Wildman–Crippen MR) is 105 cm³/mol. The summed E-state index contributed by atoms with van der Waals surface area (Å²) >= 11 is 0. The lowest BCUT2D eigenvalue weighted by Gasteiger charge is -2.35. The molecule has 0 amide bonds. The van der Waals surface area contributed by atoms with E-state index in [-0.39, 0.29) is 0 Å². The first-order valence-electron chi connectivity index (χ1n) is 9.74. The number of hydrogen-bond donors (Lipinski definition) is 2. The molecular weight excluding hydrogens is 312 g/mol. The number of aliphatic imine (C=N–C) groups is 1. The van der Waals surface area contributed by atoms with E-state index in [9.17, 15) is 0 Å². The summed E-state index contributed by atoms with van der Waals surface area (Å²) in [5, 5.41) is 11.4. The van der Waals surface area contributed by atoms with Gasteiger partial charge in [0.1, 0.15) is 0 Å². The molecule has 0 bridgehead atoms. The van der Waals surface area contributed by atoms with Crippen LogP contribution in [-0.4, -0.2) is 59.9 Å². The Morgan fingerprint density at radius 1 is 1.24 bits per heavy atom. The van der Waals surface area contributed by atoms with Crippen molar-refractivity contribution in [3.8, 4) is 0 Å². The summed E-state index contributed by atoms with van der Waals surface area (Å²) in [5.41, 5.74) is 3.71. The van der Waals surface area contributed by atoms with Crippen LogP contribution in [0.5, 0.6) is 0 Å². The van der Waals surface area contributed by atoms with Crippen molar-refractivity contribution in [1.82, 2.24) is 25.3 Å². The summed E-state index contributed by atoms with van der Waals surface area (Å²) < 4.78 is 1.96. The van der Waals surface area contributed by atoms with Gasteiger partial charge in [-0.1, -0.05) is 13.3 Å². The van der Waals surface area contributed by atoms with Crippen molar-refractivity contribution < 1.29 is 0 Å². The predicted octanol–water partition coefficient (Wildman–Crippen LogP) is 2.01. The number of aryl methyl sites for hydroxylation is 2. The van der Waals surface area contributed by atoms with E-state index >= 15 is 0 Å². The van der Waals surface area contributed by atoms with Gasteiger partial charge in [-0.3, -0.25) is 14.6 Å². The van der Waals surface area contributed by atoms with Crippen LogP contribution in [0.15, 0.2) is 4.99 Å². The molecule has 1 aliphatic heterocycles. The SMILES string of the molecule is CCC1CCCCN1CCNC(=NC)NCCc1c(C)nn(C)c1C. The van der Waals surface area contributed by atoms with Gasteiger partial charge in [0.15, 0.2) is 5.96 Å². The van der Waals surface area contributed by atoms with Gasteiger partial charge in [-0.2, -0.15) is 5.10 Å². The summed E-state index contributed by atoms with van der Waals surface area (Å²) in [6.45, 7) is 10.7. The summed E-state index contributed by atoms with van der Waals surface area (Å²) in [4.78, 5) is 6.98. The maximum atomic E-state index is 4.48. The van der Waals surface area contributed by atoms with E-state index in [1.165, 1.54) is 43.5 Å². The molecular formula is C19H36N6. The Morgan fingerprint density at radius 3 is 2.64 bits per heavy atom. The molecule has 0 spiro atoms. The number of piperidine rings is 1. The number of likely N-dealkylation sites (tertiary alicyclic amines) is 1. The molecule has 0 radical (unpaired) electrons. The average molecular weight is 349 g/mol. The Hall–Kier alpha value is -1.56. The Kier molecular flexibility index (Phi) is 7.75. The fourth-order valence-corrected chi connectivity index (χ4v) is 3.84. The zero-order chi connectivity index (χ0) is 18.2. The summed E-state index contributed by atoms with van der Waals surface area (Å²) in [6.07, 6.45) is 6.31. The molecule has 2 N–H and O–H groups in total. The topological polar surface area (TPSA) is 57.5 Å². The van der Waals surface area contributed by atoms with Crippen LogP contribution in [0.4, 0.5) is 0 Å². The normalized spacial score (nSPS) is 19.2. The van der Waals surface area contributed by atoms with E-state index in [1.807, 2.05) is 18.8 Å². The van der Waals surface area contributed by atoms with Crippen LogP contribution in [0, 0.1) is 13.8 Å². The minimum atomic E-state index is 0.766. The number of guanidine groups is 1. The zero-order valence-electron chi connectivity index (χ0n) is 16.7. The molecule has 1 aromatic rings. The molecule has 1 aliphatic rings. The van der Waals surface area contributed by atoms with Crippen molar-refractivity contribution in [2.45, 2.75) is 58.9 Å². The van der Waals surface area contributed by atoms with Crippen LogP contribution in [-0.2, 0) is 13.5 Å².